The van der Waals surface area contributed by atoms with Crippen molar-refractivity contribution in [3.05, 3.63) is 46.7 Å². The van der Waals surface area contributed by atoms with Crippen LogP contribution in [0.2, 0.25) is 0 Å². The van der Waals surface area contributed by atoms with Crippen molar-refractivity contribution in [1.29, 1.82) is 0 Å². The molecule has 0 aliphatic rings. The Hall–Kier alpha value is -1.39. The lowest BCUT2D eigenvalue weighted by Crippen LogP contribution is -2.17. The Labute approximate surface area is 114 Å². The van der Waals surface area contributed by atoms with Crippen molar-refractivity contribution in [2.24, 2.45) is 0 Å². The number of thiophene rings is 1. The Kier molecular flexibility index (Phi) is 3.30. The standard InChI is InChI=1S/C14H14N2S2/c1-10(8-11-6-7-17-9-11)15-14-12-4-2-3-5-13(12)16-18-14/h2-7,9-10,15H,8H2,1H3. The number of hydrogen-bond acceptors (Lipinski definition) is 4. The summed E-state index contributed by atoms with van der Waals surface area (Å²) in [5, 5.41) is 10.3. The highest BCUT2D eigenvalue weighted by Crippen LogP contribution is 2.28. The molecule has 2 heterocycles. The van der Waals surface area contributed by atoms with E-state index in [2.05, 4.69) is 51.6 Å². The average Bonchev–Trinajstić information content (AvgIpc) is 3.00. The third-order valence-corrected chi connectivity index (χ3v) is 4.42. The van der Waals surface area contributed by atoms with Crippen molar-refractivity contribution in [3.8, 4) is 0 Å². The molecule has 1 atom stereocenters. The summed E-state index contributed by atoms with van der Waals surface area (Å²) in [7, 11) is 0. The maximum absolute atomic E-state index is 4.45. The number of fused-ring (bicyclic) bond motifs is 1. The molecule has 1 unspecified atom stereocenters. The lowest BCUT2D eigenvalue weighted by Gasteiger charge is -2.12. The summed E-state index contributed by atoms with van der Waals surface area (Å²) >= 11 is 3.30. The summed E-state index contributed by atoms with van der Waals surface area (Å²) in [5.74, 6) is 0. The number of rotatable bonds is 4. The molecule has 1 N–H and O–H groups in total. The largest absolute Gasteiger partial charge is 0.372 e. The third kappa shape index (κ3) is 2.40. The van der Waals surface area contributed by atoms with E-state index in [-0.39, 0.29) is 0 Å². The van der Waals surface area contributed by atoms with Crippen molar-refractivity contribution < 1.29 is 0 Å². The predicted molar refractivity (Wildman–Crippen MR) is 80.7 cm³/mol. The van der Waals surface area contributed by atoms with Crippen LogP contribution in [0.3, 0.4) is 0 Å². The maximum Gasteiger partial charge on any atom is 0.117 e. The smallest absolute Gasteiger partial charge is 0.117 e. The molecule has 92 valence electrons. The molecular weight excluding hydrogens is 260 g/mol. The van der Waals surface area contributed by atoms with Gasteiger partial charge in [-0.25, -0.2) is 0 Å². The molecule has 0 spiro atoms. The van der Waals surface area contributed by atoms with E-state index in [1.54, 1.807) is 22.9 Å². The fourth-order valence-electron chi connectivity index (χ4n) is 2.03. The molecule has 3 aromatic rings. The first kappa shape index (κ1) is 11.7. The zero-order valence-corrected chi connectivity index (χ0v) is 11.7. The van der Waals surface area contributed by atoms with E-state index in [9.17, 15) is 0 Å². The van der Waals surface area contributed by atoms with Gasteiger partial charge < -0.3 is 5.32 Å². The van der Waals surface area contributed by atoms with Gasteiger partial charge in [-0.05, 0) is 59.4 Å². The maximum atomic E-state index is 4.45. The van der Waals surface area contributed by atoms with Gasteiger partial charge in [-0.15, -0.1) is 0 Å². The molecule has 1 aromatic carbocycles. The molecule has 0 saturated heterocycles. The van der Waals surface area contributed by atoms with Crippen molar-refractivity contribution in [3.63, 3.8) is 0 Å². The lowest BCUT2D eigenvalue weighted by molar-refractivity contribution is 0.796. The van der Waals surface area contributed by atoms with Crippen molar-refractivity contribution in [2.45, 2.75) is 19.4 Å². The predicted octanol–water partition coefficient (Wildman–Crippen LogP) is 4.40. The molecule has 3 rings (SSSR count). The second-order valence-corrected chi connectivity index (χ2v) is 5.96. The van der Waals surface area contributed by atoms with Crippen LogP contribution >= 0.6 is 22.9 Å². The highest BCUT2D eigenvalue weighted by atomic mass is 32.1. The Balaban J connectivity index is 1.76. The zero-order valence-electron chi connectivity index (χ0n) is 10.1. The second-order valence-electron chi connectivity index (χ2n) is 4.41. The molecule has 0 radical (unpaired) electrons. The van der Waals surface area contributed by atoms with Gasteiger partial charge >= 0.3 is 0 Å². The average molecular weight is 274 g/mol. The summed E-state index contributed by atoms with van der Waals surface area (Å²) in [6, 6.07) is 10.9. The number of aromatic nitrogens is 1. The number of nitrogens with one attached hydrogen (secondary N) is 1. The fraction of sp³-hybridized carbons (Fsp3) is 0.214. The Morgan fingerprint density at radius 2 is 2.17 bits per heavy atom. The van der Waals surface area contributed by atoms with Gasteiger partial charge in [-0.2, -0.15) is 15.7 Å². The van der Waals surface area contributed by atoms with Crippen LogP contribution in [0.15, 0.2) is 41.1 Å². The normalized spacial score (nSPS) is 12.7. The van der Waals surface area contributed by atoms with Gasteiger partial charge in [0.25, 0.3) is 0 Å². The van der Waals surface area contributed by atoms with Crippen LogP contribution < -0.4 is 5.32 Å². The van der Waals surface area contributed by atoms with E-state index < -0.39 is 0 Å². The SMILES string of the molecule is CC(Cc1ccsc1)Nc1snc2ccccc12. The summed E-state index contributed by atoms with van der Waals surface area (Å²) in [6.45, 7) is 2.21. The molecule has 0 bridgehead atoms. The van der Waals surface area contributed by atoms with E-state index in [4.69, 9.17) is 0 Å². The van der Waals surface area contributed by atoms with Gasteiger partial charge in [0.1, 0.15) is 5.00 Å². The van der Waals surface area contributed by atoms with Crippen LogP contribution in [-0.4, -0.2) is 10.4 Å². The minimum Gasteiger partial charge on any atom is -0.372 e. The van der Waals surface area contributed by atoms with E-state index in [1.807, 2.05) is 6.07 Å². The number of anilines is 1. The Morgan fingerprint density at radius 3 is 3.00 bits per heavy atom. The number of hydrogen-bond donors (Lipinski definition) is 1. The van der Waals surface area contributed by atoms with E-state index in [0.717, 1.165) is 11.9 Å². The van der Waals surface area contributed by atoms with Crippen LogP contribution in [0.1, 0.15) is 12.5 Å². The molecular formula is C14H14N2S2. The van der Waals surface area contributed by atoms with Crippen LogP contribution in [0.5, 0.6) is 0 Å². The van der Waals surface area contributed by atoms with Gasteiger partial charge in [-0.1, -0.05) is 12.1 Å². The monoisotopic (exact) mass is 274 g/mol. The molecule has 18 heavy (non-hydrogen) atoms. The van der Waals surface area contributed by atoms with Gasteiger partial charge in [0, 0.05) is 11.4 Å². The lowest BCUT2D eigenvalue weighted by atomic mass is 10.1. The summed E-state index contributed by atoms with van der Waals surface area (Å²) in [6.07, 6.45) is 1.05. The number of nitrogens with zero attached hydrogens (tertiary/aromatic N) is 1. The molecule has 0 aliphatic carbocycles. The Morgan fingerprint density at radius 1 is 1.28 bits per heavy atom. The molecule has 4 heteroatoms. The van der Waals surface area contributed by atoms with Gasteiger partial charge in [0.2, 0.25) is 0 Å². The van der Waals surface area contributed by atoms with Crippen molar-refractivity contribution in [1.82, 2.24) is 4.37 Å². The Bertz CT molecular complexity index is 628. The fourth-order valence-corrected chi connectivity index (χ4v) is 3.59. The van der Waals surface area contributed by atoms with E-state index in [1.165, 1.54) is 16.0 Å². The topological polar surface area (TPSA) is 24.9 Å². The van der Waals surface area contributed by atoms with Gasteiger partial charge in [0.05, 0.1) is 5.52 Å². The first-order valence-electron chi connectivity index (χ1n) is 5.95. The van der Waals surface area contributed by atoms with E-state index in [0.29, 0.717) is 6.04 Å². The van der Waals surface area contributed by atoms with Crippen molar-refractivity contribution >= 4 is 38.8 Å². The molecule has 0 fully saturated rings. The highest BCUT2D eigenvalue weighted by Gasteiger charge is 2.09. The number of benzene rings is 1. The highest BCUT2D eigenvalue weighted by molar-refractivity contribution is 7.11. The summed E-state index contributed by atoms with van der Waals surface area (Å²) in [4.78, 5) is 0. The van der Waals surface area contributed by atoms with Crippen LogP contribution in [0, 0.1) is 0 Å². The quantitative estimate of drug-likeness (QED) is 0.762. The second kappa shape index (κ2) is 5.08. The van der Waals surface area contributed by atoms with Crippen LogP contribution in [-0.2, 0) is 6.42 Å². The van der Waals surface area contributed by atoms with Crippen molar-refractivity contribution in [2.75, 3.05) is 5.32 Å². The summed E-state index contributed by atoms with van der Waals surface area (Å²) in [5.41, 5.74) is 2.47. The molecule has 2 aromatic heterocycles. The zero-order chi connectivity index (χ0) is 12.4. The first-order valence-corrected chi connectivity index (χ1v) is 7.66. The third-order valence-electron chi connectivity index (χ3n) is 2.88. The van der Waals surface area contributed by atoms with E-state index >= 15 is 0 Å². The summed E-state index contributed by atoms with van der Waals surface area (Å²) < 4.78 is 4.45. The minimum absolute atomic E-state index is 0.420. The van der Waals surface area contributed by atoms with Gasteiger partial charge in [-0.3, -0.25) is 0 Å². The van der Waals surface area contributed by atoms with Crippen LogP contribution in [0.4, 0.5) is 5.00 Å². The minimum atomic E-state index is 0.420. The van der Waals surface area contributed by atoms with Crippen LogP contribution in [0.25, 0.3) is 10.9 Å². The molecule has 2 nitrogen and oxygen atoms in total. The molecule has 0 saturated carbocycles. The van der Waals surface area contributed by atoms with Gasteiger partial charge in [0.15, 0.2) is 0 Å². The first-order chi connectivity index (χ1) is 8.83. The molecule has 0 amide bonds. The molecule has 0 aliphatic heterocycles.